The summed E-state index contributed by atoms with van der Waals surface area (Å²) in [5, 5.41) is 0. The van der Waals surface area contributed by atoms with Gasteiger partial charge in [-0.1, -0.05) is 6.92 Å². The molecule has 2 unspecified atom stereocenters. The van der Waals surface area contributed by atoms with Crippen molar-refractivity contribution in [3.05, 3.63) is 24.3 Å². The first kappa shape index (κ1) is 17.1. The second-order valence-electron chi connectivity index (χ2n) is 5.97. The van der Waals surface area contributed by atoms with E-state index in [1.165, 1.54) is 0 Å². The largest absolute Gasteiger partial charge is 0.494 e. The van der Waals surface area contributed by atoms with Crippen molar-refractivity contribution in [3.8, 4) is 5.75 Å². The number of hydrogen-bond acceptors (Lipinski definition) is 5. The summed E-state index contributed by atoms with van der Waals surface area (Å²) in [5.74, 6) is 0.244. The third-order valence-electron chi connectivity index (χ3n) is 3.52. The first-order valence-electron chi connectivity index (χ1n) is 7.94. The van der Waals surface area contributed by atoms with Crippen LogP contribution < -0.4 is 10.5 Å². The van der Waals surface area contributed by atoms with Crippen LogP contribution in [0.3, 0.4) is 0 Å². The molecule has 1 fully saturated rings. The molecule has 2 N–H and O–H groups in total. The van der Waals surface area contributed by atoms with E-state index in [-0.39, 0.29) is 12.4 Å². The Balaban J connectivity index is 1.64. The average molecular weight is 309 g/mol. The second kappa shape index (κ2) is 7.81. The zero-order chi connectivity index (χ0) is 16.0. The lowest BCUT2D eigenvalue weighted by Gasteiger charge is -2.40. The molecule has 5 nitrogen and oxygen atoms in total. The van der Waals surface area contributed by atoms with Crippen molar-refractivity contribution in [2.75, 3.05) is 18.9 Å². The van der Waals surface area contributed by atoms with E-state index < -0.39 is 5.79 Å². The van der Waals surface area contributed by atoms with Crippen molar-refractivity contribution < 1.29 is 18.9 Å². The highest BCUT2D eigenvalue weighted by atomic mass is 16.8. The molecule has 1 saturated heterocycles. The molecule has 0 bridgehead atoms. The first-order valence-corrected chi connectivity index (χ1v) is 7.94. The van der Waals surface area contributed by atoms with Gasteiger partial charge in [-0.2, -0.15) is 0 Å². The van der Waals surface area contributed by atoms with Gasteiger partial charge in [-0.25, -0.2) is 0 Å². The van der Waals surface area contributed by atoms with Gasteiger partial charge in [0, 0.05) is 18.5 Å². The minimum absolute atomic E-state index is 0.194. The third kappa shape index (κ3) is 5.48. The van der Waals surface area contributed by atoms with E-state index in [9.17, 15) is 0 Å². The standard InChI is InChI=1S/C17H27NO4/c1-4-14-12-16(22-17(2,3)21-14)20-11-5-10-19-15-8-6-13(18)7-9-15/h6-9,14,16H,4-5,10-12,18H2,1-3H3. The lowest BCUT2D eigenvalue weighted by atomic mass is 10.1. The van der Waals surface area contributed by atoms with Gasteiger partial charge >= 0.3 is 0 Å². The maximum Gasteiger partial charge on any atom is 0.166 e. The van der Waals surface area contributed by atoms with Crippen LogP contribution in [0.5, 0.6) is 5.75 Å². The predicted molar refractivity (Wildman–Crippen MR) is 85.7 cm³/mol. The van der Waals surface area contributed by atoms with Crippen molar-refractivity contribution in [1.29, 1.82) is 0 Å². The number of nitrogens with two attached hydrogens (primary N) is 1. The predicted octanol–water partition coefficient (Wildman–Crippen LogP) is 3.33. The Morgan fingerprint density at radius 2 is 1.91 bits per heavy atom. The number of ether oxygens (including phenoxy) is 4. The van der Waals surface area contributed by atoms with Crippen molar-refractivity contribution in [2.24, 2.45) is 0 Å². The Morgan fingerprint density at radius 1 is 1.18 bits per heavy atom. The third-order valence-corrected chi connectivity index (χ3v) is 3.52. The molecule has 0 amide bonds. The summed E-state index contributed by atoms with van der Waals surface area (Å²) in [6.07, 6.45) is 2.54. The lowest BCUT2D eigenvalue weighted by molar-refractivity contribution is -0.351. The summed E-state index contributed by atoms with van der Waals surface area (Å²) in [6.45, 7) is 7.17. The van der Waals surface area contributed by atoms with Crippen LogP contribution in [-0.4, -0.2) is 31.4 Å². The van der Waals surface area contributed by atoms with E-state index in [0.29, 0.717) is 13.2 Å². The molecular formula is C17H27NO4. The zero-order valence-corrected chi connectivity index (χ0v) is 13.7. The molecule has 1 heterocycles. The molecule has 1 aromatic carbocycles. The van der Waals surface area contributed by atoms with Crippen LogP contribution in [0.2, 0.25) is 0 Å². The Morgan fingerprint density at radius 3 is 2.59 bits per heavy atom. The van der Waals surface area contributed by atoms with Gasteiger partial charge in [0.05, 0.1) is 19.3 Å². The van der Waals surface area contributed by atoms with Gasteiger partial charge < -0.3 is 24.7 Å². The van der Waals surface area contributed by atoms with Gasteiger partial charge in [-0.05, 0) is 44.5 Å². The van der Waals surface area contributed by atoms with E-state index in [4.69, 9.17) is 24.7 Å². The Hall–Kier alpha value is -1.30. The number of benzene rings is 1. The van der Waals surface area contributed by atoms with Crippen LogP contribution in [0.15, 0.2) is 24.3 Å². The topological polar surface area (TPSA) is 62.9 Å². The second-order valence-corrected chi connectivity index (χ2v) is 5.97. The molecule has 1 aliphatic rings. The van der Waals surface area contributed by atoms with E-state index in [1.54, 1.807) is 0 Å². The van der Waals surface area contributed by atoms with E-state index in [0.717, 1.165) is 30.7 Å². The fourth-order valence-electron chi connectivity index (χ4n) is 2.44. The molecule has 0 saturated carbocycles. The molecule has 0 spiro atoms. The molecule has 124 valence electrons. The van der Waals surface area contributed by atoms with Gasteiger partial charge in [0.2, 0.25) is 0 Å². The Kier molecular flexibility index (Phi) is 6.06. The van der Waals surface area contributed by atoms with Crippen LogP contribution in [0.1, 0.15) is 40.0 Å². The molecule has 2 rings (SSSR count). The molecule has 2 atom stereocenters. The van der Waals surface area contributed by atoms with Crippen molar-refractivity contribution in [2.45, 2.75) is 58.2 Å². The highest BCUT2D eigenvalue weighted by molar-refractivity contribution is 5.41. The van der Waals surface area contributed by atoms with Gasteiger partial charge in [-0.3, -0.25) is 0 Å². The summed E-state index contributed by atoms with van der Waals surface area (Å²) in [5.41, 5.74) is 6.37. The number of nitrogen functional groups attached to an aromatic ring is 1. The fraction of sp³-hybridized carbons (Fsp3) is 0.647. The van der Waals surface area contributed by atoms with E-state index in [1.807, 2.05) is 38.1 Å². The van der Waals surface area contributed by atoms with Crippen molar-refractivity contribution in [3.63, 3.8) is 0 Å². The zero-order valence-electron chi connectivity index (χ0n) is 13.7. The summed E-state index contributed by atoms with van der Waals surface area (Å²) in [4.78, 5) is 0. The van der Waals surface area contributed by atoms with Crippen LogP contribution in [0.25, 0.3) is 0 Å². The van der Waals surface area contributed by atoms with E-state index in [2.05, 4.69) is 6.92 Å². The van der Waals surface area contributed by atoms with Gasteiger partial charge in [-0.15, -0.1) is 0 Å². The monoisotopic (exact) mass is 309 g/mol. The number of anilines is 1. The van der Waals surface area contributed by atoms with E-state index >= 15 is 0 Å². The van der Waals surface area contributed by atoms with Gasteiger partial charge in [0.25, 0.3) is 0 Å². The molecule has 0 aromatic heterocycles. The highest BCUT2D eigenvalue weighted by Crippen LogP contribution is 2.28. The number of hydrogen-bond donors (Lipinski definition) is 1. The minimum atomic E-state index is -0.579. The summed E-state index contributed by atoms with van der Waals surface area (Å²) >= 11 is 0. The summed E-state index contributed by atoms with van der Waals surface area (Å²) in [7, 11) is 0. The molecule has 1 aliphatic heterocycles. The fourth-order valence-corrected chi connectivity index (χ4v) is 2.44. The van der Waals surface area contributed by atoms with Crippen LogP contribution in [0.4, 0.5) is 5.69 Å². The summed E-state index contributed by atoms with van der Waals surface area (Å²) in [6, 6.07) is 7.39. The molecular weight excluding hydrogens is 282 g/mol. The molecule has 0 aliphatic carbocycles. The van der Waals surface area contributed by atoms with Crippen molar-refractivity contribution >= 4 is 5.69 Å². The molecule has 1 aromatic rings. The van der Waals surface area contributed by atoms with Crippen LogP contribution in [0, 0.1) is 0 Å². The Bertz CT molecular complexity index is 446. The molecule has 22 heavy (non-hydrogen) atoms. The maximum atomic E-state index is 5.81. The van der Waals surface area contributed by atoms with Crippen LogP contribution in [-0.2, 0) is 14.2 Å². The SMILES string of the molecule is CCC1CC(OCCCOc2ccc(N)cc2)OC(C)(C)O1. The van der Waals surface area contributed by atoms with Gasteiger partial charge in [0.1, 0.15) is 5.75 Å². The van der Waals surface area contributed by atoms with Crippen LogP contribution >= 0.6 is 0 Å². The smallest absolute Gasteiger partial charge is 0.166 e. The maximum absolute atomic E-state index is 5.81. The van der Waals surface area contributed by atoms with Crippen molar-refractivity contribution in [1.82, 2.24) is 0 Å². The molecule has 0 radical (unpaired) electrons. The minimum Gasteiger partial charge on any atom is -0.494 e. The average Bonchev–Trinajstić information content (AvgIpc) is 2.47. The van der Waals surface area contributed by atoms with Gasteiger partial charge in [0.15, 0.2) is 12.1 Å². The lowest BCUT2D eigenvalue weighted by Crippen LogP contribution is -2.45. The first-order chi connectivity index (χ1) is 10.5. The molecule has 5 heteroatoms. The summed E-state index contributed by atoms with van der Waals surface area (Å²) < 4.78 is 23.0. The Labute approximate surface area is 132 Å². The quantitative estimate of drug-likeness (QED) is 0.618. The number of rotatable bonds is 7. The normalized spacial score (nSPS) is 24.1. The highest BCUT2D eigenvalue weighted by Gasteiger charge is 2.35.